The van der Waals surface area contributed by atoms with Crippen LogP contribution in [0.25, 0.3) is 0 Å². The molecular formula is C17H18BrNS. The van der Waals surface area contributed by atoms with Gasteiger partial charge in [-0.2, -0.15) is 0 Å². The van der Waals surface area contributed by atoms with Crippen molar-refractivity contribution < 1.29 is 0 Å². The first-order valence-electron chi connectivity index (χ1n) is 7.04. The predicted octanol–water partition coefficient (Wildman–Crippen LogP) is 5.66. The number of hydrogen-bond donors (Lipinski definition) is 1. The van der Waals surface area contributed by atoms with Crippen molar-refractivity contribution in [2.24, 2.45) is 0 Å². The average molecular weight is 348 g/mol. The van der Waals surface area contributed by atoms with Crippen molar-refractivity contribution in [2.75, 3.05) is 11.1 Å². The second kappa shape index (κ2) is 6.23. The van der Waals surface area contributed by atoms with Crippen LogP contribution in [0.5, 0.6) is 0 Å². The molecule has 0 bridgehead atoms. The molecule has 0 saturated carbocycles. The van der Waals surface area contributed by atoms with E-state index in [0.717, 1.165) is 12.2 Å². The van der Waals surface area contributed by atoms with E-state index in [1.54, 1.807) is 0 Å². The van der Waals surface area contributed by atoms with E-state index in [4.69, 9.17) is 0 Å². The van der Waals surface area contributed by atoms with Gasteiger partial charge in [0.2, 0.25) is 0 Å². The zero-order chi connectivity index (χ0) is 13.9. The van der Waals surface area contributed by atoms with Gasteiger partial charge in [0.05, 0.1) is 6.04 Å². The van der Waals surface area contributed by atoms with Gasteiger partial charge in [-0.25, -0.2) is 0 Å². The minimum absolute atomic E-state index is 0.441. The summed E-state index contributed by atoms with van der Waals surface area (Å²) in [5.74, 6) is 1.10. The standard InChI is InChI=1S/C17H18BrNS/c1-2-20-17-6-4-3-5-16(17)19-15-10-7-12-11-13(18)8-9-14(12)15/h3-6,8-9,11,15,19H,2,7,10H2,1H3. The van der Waals surface area contributed by atoms with E-state index in [1.165, 1.54) is 32.6 Å². The Hall–Kier alpha value is -0.930. The second-order valence-electron chi connectivity index (χ2n) is 5.01. The molecule has 0 heterocycles. The third kappa shape index (κ3) is 2.89. The number of rotatable bonds is 4. The molecule has 1 nitrogen and oxygen atoms in total. The molecule has 1 unspecified atom stereocenters. The number of aryl methyl sites for hydroxylation is 1. The Kier molecular flexibility index (Phi) is 4.37. The van der Waals surface area contributed by atoms with Gasteiger partial charge in [-0.1, -0.05) is 41.1 Å². The van der Waals surface area contributed by atoms with Gasteiger partial charge in [0.15, 0.2) is 0 Å². The molecule has 3 rings (SSSR count). The number of halogens is 1. The third-order valence-corrected chi connectivity index (χ3v) is 5.15. The molecule has 20 heavy (non-hydrogen) atoms. The lowest BCUT2D eigenvalue weighted by atomic mass is 10.1. The minimum Gasteiger partial charge on any atom is -0.377 e. The zero-order valence-electron chi connectivity index (χ0n) is 11.5. The summed E-state index contributed by atoms with van der Waals surface area (Å²) in [5, 5.41) is 3.73. The number of benzene rings is 2. The molecule has 1 aliphatic carbocycles. The van der Waals surface area contributed by atoms with Gasteiger partial charge in [-0.3, -0.25) is 0 Å². The maximum absolute atomic E-state index is 3.73. The number of hydrogen-bond acceptors (Lipinski definition) is 2. The number of nitrogens with one attached hydrogen (secondary N) is 1. The van der Waals surface area contributed by atoms with E-state index in [2.05, 4.69) is 70.6 Å². The molecule has 1 atom stereocenters. The fourth-order valence-electron chi connectivity index (χ4n) is 2.79. The first-order valence-corrected chi connectivity index (χ1v) is 8.82. The van der Waals surface area contributed by atoms with Crippen LogP contribution in [0.4, 0.5) is 5.69 Å². The van der Waals surface area contributed by atoms with Gasteiger partial charge in [0.25, 0.3) is 0 Å². The van der Waals surface area contributed by atoms with Crippen molar-refractivity contribution in [1.29, 1.82) is 0 Å². The second-order valence-corrected chi connectivity index (χ2v) is 7.23. The fraction of sp³-hybridized carbons (Fsp3) is 0.294. The highest BCUT2D eigenvalue weighted by atomic mass is 79.9. The molecule has 104 valence electrons. The topological polar surface area (TPSA) is 12.0 Å². The summed E-state index contributed by atoms with van der Waals surface area (Å²) in [6, 6.07) is 15.7. The Balaban J connectivity index is 1.84. The summed E-state index contributed by atoms with van der Waals surface area (Å²) in [4.78, 5) is 1.35. The predicted molar refractivity (Wildman–Crippen MR) is 91.7 cm³/mol. The Morgan fingerprint density at radius 3 is 2.95 bits per heavy atom. The third-order valence-electron chi connectivity index (χ3n) is 3.70. The number of para-hydroxylation sites is 1. The summed E-state index contributed by atoms with van der Waals surface area (Å²) in [5.41, 5.74) is 4.18. The Morgan fingerprint density at radius 2 is 2.10 bits per heavy atom. The summed E-state index contributed by atoms with van der Waals surface area (Å²) in [7, 11) is 0. The molecule has 0 aromatic heterocycles. The van der Waals surface area contributed by atoms with E-state index < -0.39 is 0 Å². The highest BCUT2D eigenvalue weighted by Crippen LogP contribution is 2.37. The highest BCUT2D eigenvalue weighted by molar-refractivity contribution is 9.10. The van der Waals surface area contributed by atoms with Crippen molar-refractivity contribution >= 4 is 33.4 Å². The quantitative estimate of drug-likeness (QED) is 0.716. The zero-order valence-corrected chi connectivity index (χ0v) is 13.9. The highest BCUT2D eigenvalue weighted by Gasteiger charge is 2.22. The average Bonchev–Trinajstić information content (AvgIpc) is 2.83. The number of fused-ring (bicyclic) bond motifs is 1. The molecular weight excluding hydrogens is 330 g/mol. The molecule has 0 saturated heterocycles. The van der Waals surface area contributed by atoms with E-state index >= 15 is 0 Å². The molecule has 0 spiro atoms. The van der Waals surface area contributed by atoms with Crippen LogP contribution in [0.2, 0.25) is 0 Å². The first-order chi connectivity index (χ1) is 9.78. The fourth-order valence-corrected chi connectivity index (χ4v) is 3.97. The number of thioether (sulfide) groups is 1. The van der Waals surface area contributed by atoms with E-state index in [-0.39, 0.29) is 0 Å². The summed E-state index contributed by atoms with van der Waals surface area (Å²) in [6.07, 6.45) is 2.34. The molecule has 2 aromatic rings. The van der Waals surface area contributed by atoms with Crippen molar-refractivity contribution in [1.82, 2.24) is 0 Å². The van der Waals surface area contributed by atoms with E-state index in [0.29, 0.717) is 6.04 Å². The maximum atomic E-state index is 3.73. The monoisotopic (exact) mass is 347 g/mol. The smallest absolute Gasteiger partial charge is 0.0520 e. The molecule has 3 heteroatoms. The minimum atomic E-state index is 0.441. The largest absolute Gasteiger partial charge is 0.377 e. The van der Waals surface area contributed by atoms with Crippen LogP contribution in [0.1, 0.15) is 30.5 Å². The summed E-state index contributed by atoms with van der Waals surface area (Å²) < 4.78 is 1.18. The van der Waals surface area contributed by atoms with Crippen LogP contribution in [0, 0.1) is 0 Å². The molecule has 2 aromatic carbocycles. The van der Waals surface area contributed by atoms with Gasteiger partial charge in [0.1, 0.15) is 0 Å². The van der Waals surface area contributed by atoms with Gasteiger partial charge in [-0.05, 0) is 54.0 Å². The lowest BCUT2D eigenvalue weighted by Crippen LogP contribution is -2.07. The van der Waals surface area contributed by atoms with Crippen molar-refractivity contribution in [3.05, 3.63) is 58.1 Å². The maximum Gasteiger partial charge on any atom is 0.0520 e. The molecule has 0 radical (unpaired) electrons. The van der Waals surface area contributed by atoms with Crippen molar-refractivity contribution in [3.8, 4) is 0 Å². The van der Waals surface area contributed by atoms with Crippen LogP contribution < -0.4 is 5.32 Å². The van der Waals surface area contributed by atoms with Crippen LogP contribution in [0.15, 0.2) is 51.8 Å². The molecule has 0 amide bonds. The van der Waals surface area contributed by atoms with Crippen molar-refractivity contribution in [3.63, 3.8) is 0 Å². The normalized spacial score (nSPS) is 17.0. The molecule has 1 aliphatic rings. The van der Waals surface area contributed by atoms with Crippen LogP contribution in [0.3, 0.4) is 0 Å². The Bertz CT molecular complexity index is 612. The summed E-state index contributed by atoms with van der Waals surface area (Å²) >= 11 is 5.46. The van der Waals surface area contributed by atoms with E-state index in [1.807, 2.05) is 11.8 Å². The Morgan fingerprint density at radius 1 is 1.25 bits per heavy atom. The van der Waals surface area contributed by atoms with Crippen LogP contribution in [-0.2, 0) is 6.42 Å². The van der Waals surface area contributed by atoms with Gasteiger partial charge < -0.3 is 5.32 Å². The van der Waals surface area contributed by atoms with Crippen LogP contribution >= 0.6 is 27.7 Å². The summed E-state index contributed by atoms with van der Waals surface area (Å²) in [6.45, 7) is 2.20. The van der Waals surface area contributed by atoms with Crippen LogP contribution in [-0.4, -0.2) is 5.75 Å². The Labute approximate surface area is 133 Å². The van der Waals surface area contributed by atoms with Gasteiger partial charge in [0, 0.05) is 15.1 Å². The molecule has 0 aliphatic heterocycles. The lowest BCUT2D eigenvalue weighted by Gasteiger charge is -2.18. The van der Waals surface area contributed by atoms with E-state index in [9.17, 15) is 0 Å². The molecule has 0 fully saturated rings. The van der Waals surface area contributed by atoms with Crippen molar-refractivity contribution in [2.45, 2.75) is 30.7 Å². The number of anilines is 1. The lowest BCUT2D eigenvalue weighted by molar-refractivity contribution is 0.759. The SMILES string of the molecule is CCSc1ccccc1NC1CCc2cc(Br)ccc21. The first kappa shape index (κ1) is 14.0. The molecule has 1 N–H and O–H groups in total. The van der Waals surface area contributed by atoms with Gasteiger partial charge in [-0.15, -0.1) is 11.8 Å². The van der Waals surface area contributed by atoms with Gasteiger partial charge >= 0.3 is 0 Å².